The van der Waals surface area contributed by atoms with Gasteiger partial charge in [-0.2, -0.15) is 0 Å². The first-order chi connectivity index (χ1) is 10.2. The van der Waals surface area contributed by atoms with Crippen molar-refractivity contribution >= 4 is 37.6 Å². The van der Waals surface area contributed by atoms with Crippen molar-refractivity contribution in [1.29, 1.82) is 0 Å². The summed E-state index contributed by atoms with van der Waals surface area (Å²) in [5.74, 6) is 0.514. The van der Waals surface area contributed by atoms with Crippen molar-refractivity contribution in [2.24, 2.45) is 0 Å². The molecule has 21 heavy (non-hydrogen) atoms. The van der Waals surface area contributed by atoms with Crippen molar-refractivity contribution < 1.29 is 0 Å². The maximum absolute atomic E-state index is 5.98. The maximum Gasteiger partial charge on any atom is 0.144 e. The second-order valence-electron chi connectivity index (χ2n) is 4.90. The van der Waals surface area contributed by atoms with Gasteiger partial charge in [0.15, 0.2) is 0 Å². The fourth-order valence-corrected chi connectivity index (χ4v) is 3.66. The smallest absolute Gasteiger partial charge is 0.144 e. The number of nitrogens with zero attached hydrogens (tertiary/aromatic N) is 3. The molecule has 4 rings (SSSR count). The third-order valence-electron chi connectivity index (χ3n) is 3.47. The molecule has 0 bridgehead atoms. The third kappa shape index (κ3) is 1.86. The summed E-state index contributed by atoms with van der Waals surface area (Å²) < 4.78 is 0.905. The Balaban J connectivity index is 2.20. The molecule has 0 radical (unpaired) electrons. The molecule has 4 nitrogen and oxygen atoms in total. The Morgan fingerprint density at radius 3 is 2.71 bits per heavy atom. The molecule has 0 fully saturated rings. The average Bonchev–Trinajstić information content (AvgIpc) is 2.87. The van der Waals surface area contributed by atoms with E-state index in [9.17, 15) is 0 Å². The molecule has 0 spiro atoms. The SMILES string of the molecule is Cc1cc(-c2ccccc2)c2c(n1)sc1c(N)ncnc12. The molecule has 0 amide bonds. The van der Waals surface area contributed by atoms with Crippen LogP contribution < -0.4 is 5.73 Å². The predicted octanol–water partition coefficient (Wildman–Crippen LogP) is 3.80. The van der Waals surface area contributed by atoms with Crippen molar-refractivity contribution in [2.45, 2.75) is 6.92 Å². The van der Waals surface area contributed by atoms with Crippen LogP contribution in [-0.2, 0) is 0 Å². The number of rotatable bonds is 1. The van der Waals surface area contributed by atoms with Crippen LogP contribution in [0.25, 0.3) is 31.6 Å². The van der Waals surface area contributed by atoms with Crippen LogP contribution in [0.1, 0.15) is 5.69 Å². The van der Waals surface area contributed by atoms with Gasteiger partial charge in [-0.3, -0.25) is 0 Å². The van der Waals surface area contributed by atoms with E-state index in [0.717, 1.165) is 37.3 Å². The van der Waals surface area contributed by atoms with Crippen molar-refractivity contribution in [3.63, 3.8) is 0 Å². The van der Waals surface area contributed by atoms with E-state index < -0.39 is 0 Å². The lowest BCUT2D eigenvalue weighted by Gasteiger charge is -2.05. The maximum atomic E-state index is 5.98. The molecule has 0 saturated heterocycles. The molecule has 0 unspecified atom stereocenters. The quantitative estimate of drug-likeness (QED) is 0.579. The summed E-state index contributed by atoms with van der Waals surface area (Å²) in [5.41, 5.74) is 10.1. The van der Waals surface area contributed by atoms with Gasteiger partial charge in [0.1, 0.15) is 17.0 Å². The standard InChI is InChI=1S/C16H12N4S/c1-9-7-11(10-5-3-2-4-6-10)12-13-14(21-16(12)20-9)15(17)19-8-18-13/h2-8H,1H3,(H2,17,18,19). The van der Waals surface area contributed by atoms with Gasteiger partial charge in [-0.05, 0) is 24.1 Å². The van der Waals surface area contributed by atoms with E-state index >= 15 is 0 Å². The van der Waals surface area contributed by atoms with E-state index in [1.807, 2.05) is 25.1 Å². The highest BCUT2D eigenvalue weighted by molar-refractivity contribution is 7.26. The molecule has 102 valence electrons. The van der Waals surface area contributed by atoms with Crippen molar-refractivity contribution in [3.8, 4) is 11.1 Å². The van der Waals surface area contributed by atoms with E-state index in [2.05, 4.69) is 33.2 Å². The molecule has 0 saturated carbocycles. The normalized spacial score (nSPS) is 11.3. The summed E-state index contributed by atoms with van der Waals surface area (Å²) in [6, 6.07) is 12.4. The number of hydrogen-bond acceptors (Lipinski definition) is 5. The van der Waals surface area contributed by atoms with Gasteiger partial charge < -0.3 is 5.73 Å². The average molecular weight is 292 g/mol. The zero-order valence-corrected chi connectivity index (χ0v) is 12.2. The molecule has 0 atom stereocenters. The van der Waals surface area contributed by atoms with Gasteiger partial charge in [-0.25, -0.2) is 15.0 Å². The fourth-order valence-electron chi connectivity index (χ4n) is 2.56. The number of aryl methyl sites for hydroxylation is 1. The number of thiophene rings is 1. The molecule has 2 N–H and O–H groups in total. The Labute approximate surface area is 125 Å². The van der Waals surface area contributed by atoms with Crippen LogP contribution in [-0.4, -0.2) is 15.0 Å². The van der Waals surface area contributed by atoms with Gasteiger partial charge in [0, 0.05) is 11.1 Å². The van der Waals surface area contributed by atoms with E-state index in [-0.39, 0.29) is 0 Å². The number of hydrogen-bond donors (Lipinski definition) is 1. The number of fused-ring (bicyclic) bond motifs is 3. The van der Waals surface area contributed by atoms with Crippen LogP contribution in [0, 0.1) is 6.92 Å². The summed E-state index contributed by atoms with van der Waals surface area (Å²) in [7, 11) is 0. The van der Waals surface area contributed by atoms with Gasteiger partial charge in [-0.1, -0.05) is 30.3 Å². The topological polar surface area (TPSA) is 64.7 Å². The number of anilines is 1. The fraction of sp³-hybridized carbons (Fsp3) is 0.0625. The molecule has 3 heterocycles. The lowest BCUT2D eigenvalue weighted by molar-refractivity contribution is 1.24. The van der Waals surface area contributed by atoms with Crippen LogP contribution in [0.4, 0.5) is 5.82 Å². The molecule has 3 aromatic heterocycles. The molecular formula is C16H12N4S. The van der Waals surface area contributed by atoms with Crippen LogP contribution in [0.15, 0.2) is 42.7 Å². The monoisotopic (exact) mass is 292 g/mol. The molecule has 5 heteroatoms. The number of nitrogen functional groups attached to an aromatic ring is 1. The van der Waals surface area contributed by atoms with Crippen LogP contribution in [0.2, 0.25) is 0 Å². The van der Waals surface area contributed by atoms with Crippen LogP contribution in [0.5, 0.6) is 0 Å². The Morgan fingerprint density at radius 1 is 1.10 bits per heavy atom. The minimum Gasteiger partial charge on any atom is -0.382 e. The summed E-state index contributed by atoms with van der Waals surface area (Å²) in [6.45, 7) is 2.01. The summed E-state index contributed by atoms with van der Waals surface area (Å²) in [5, 5.41) is 1.06. The highest BCUT2D eigenvalue weighted by atomic mass is 32.1. The molecule has 0 aliphatic carbocycles. The van der Waals surface area contributed by atoms with Crippen molar-refractivity contribution in [3.05, 3.63) is 48.4 Å². The number of aromatic nitrogens is 3. The molecular weight excluding hydrogens is 280 g/mol. The highest BCUT2D eigenvalue weighted by Gasteiger charge is 2.15. The second-order valence-corrected chi connectivity index (χ2v) is 5.90. The van der Waals surface area contributed by atoms with Crippen molar-refractivity contribution in [1.82, 2.24) is 15.0 Å². The van der Waals surface area contributed by atoms with Crippen LogP contribution >= 0.6 is 11.3 Å². The zero-order chi connectivity index (χ0) is 14.4. The van der Waals surface area contributed by atoms with Gasteiger partial charge in [0.25, 0.3) is 0 Å². The lowest BCUT2D eigenvalue weighted by Crippen LogP contribution is -1.90. The summed E-state index contributed by atoms with van der Waals surface area (Å²) in [4.78, 5) is 14.1. The first-order valence-corrected chi connectivity index (χ1v) is 7.41. The van der Waals surface area contributed by atoms with E-state index in [1.165, 1.54) is 6.33 Å². The van der Waals surface area contributed by atoms with Gasteiger partial charge >= 0.3 is 0 Å². The third-order valence-corrected chi connectivity index (χ3v) is 4.56. The Bertz CT molecular complexity index is 960. The Kier molecular flexibility index (Phi) is 2.62. The first-order valence-electron chi connectivity index (χ1n) is 6.60. The molecule has 0 aliphatic heterocycles. The van der Waals surface area contributed by atoms with Gasteiger partial charge in [0.2, 0.25) is 0 Å². The second kappa shape index (κ2) is 4.49. The lowest BCUT2D eigenvalue weighted by atomic mass is 10.0. The van der Waals surface area contributed by atoms with E-state index in [4.69, 9.17) is 5.73 Å². The zero-order valence-electron chi connectivity index (χ0n) is 11.4. The summed E-state index contributed by atoms with van der Waals surface area (Å²) >= 11 is 1.55. The van der Waals surface area contributed by atoms with E-state index in [1.54, 1.807) is 11.3 Å². The predicted molar refractivity (Wildman–Crippen MR) is 87.3 cm³/mol. The summed E-state index contributed by atoms with van der Waals surface area (Å²) in [6.07, 6.45) is 1.51. The van der Waals surface area contributed by atoms with Crippen molar-refractivity contribution in [2.75, 3.05) is 5.73 Å². The number of pyridine rings is 1. The first kappa shape index (κ1) is 12.2. The number of nitrogens with two attached hydrogens (primary N) is 1. The molecule has 4 aromatic rings. The Hall–Kier alpha value is -2.53. The van der Waals surface area contributed by atoms with E-state index in [0.29, 0.717) is 5.82 Å². The minimum atomic E-state index is 0.514. The largest absolute Gasteiger partial charge is 0.382 e. The Morgan fingerprint density at radius 2 is 1.90 bits per heavy atom. The molecule has 1 aromatic carbocycles. The highest BCUT2D eigenvalue weighted by Crippen LogP contribution is 2.39. The minimum absolute atomic E-state index is 0.514. The van der Waals surface area contributed by atoms with Gasteiger partial charge in [0.05, 0.1) is 10.2 Å². The number of benzene rings is 1. The van der Waals surface area contributed by atoms with Crippen LogP contribution in [0.3, 0.4) is 0 Å². The van der Waals surface area contributed by atoms with Gasteiger partial charge in [-0.15, -0.1) is 11.3 Å². The molecule has 0 aliphatic rings.